The minimum absolute atomic E-state index is 0.180. The number of aliphatic hydroxyl groups is 1. The smallest absolute Gasteiger partial charge is 0.251 e. The van der Waals surface area contributed by atoms with Gasteiger partial charge in [0, 0.05) is 25.5 Å². The number of nitrogens with zero attached hydrogens (tertiary/aromatic N) is 5. The van der Waals surface area contributed by atoms with Gasteiger partial charge in [-0.05, 0) is 58.0 Å². The second-order valence-electron chi connectivity index (χ2n) is 8.54. The Balaban J connectivity index is 1.43. The highest BCUT2D eigenvalue weighted by molar-refractivity contribution is 14.2. The number of halogens is 2. The molecule has 11 nitrogen and oxygen atoms in total. The molecule has 0 saturated carbocycles. The standard InChI is InChI=1S/C25H25FIN7O4/c1-14(35)24(37)34-8-7-21(19(26)12-34)38-20-5-3-16(9-17(20)10-28)23-30-13-27-25(33-23)32-18-4-6-22(29-11-18)31-15(2)36/h3-6,9,11,13-14,19,21,35H,7-8,12H2,1-2H3,(H,29,31,36)(H,30,32,33)/t14-,19+,21-/m0/s1. The van der Waals surface area contributed by atoms with Crippen LogP contribution in [0, 0.1) is 11.3 Å². The average molecular weight is 633 g/mol. The maximum absolute atomic E-state index is 14.8. The Morgan fingerprint density at radius 2 is 2.16 bits per heavy atom. The lowest BCUT2D eigenvalue weighted by molar-refractivity contribution is -0.143. The second-order valence-corrected chi connectivity index (χ2v) is 10.7. The van der Waals surface area contributed by atoms with Crippen LogP contribution in [0.15, 0.2) is 46.5 Å². The zero-order chi connectivity index (χ0) is 27.2. The Hall–Kier alpha value is -3.77. The molecule has 2 aromatic rings. The van der Waals surface area contributed by atoms with E-state index in [2.05, 4.69) is 31.7 Å². The zero-order valence-corrected chi connectivity index (χ0v) is 22.7. The summed E-state index contributed by atoms with van der Waals surface area (Å²) in [4.78, 5) is 37.6. The van der Waals surface area contributed by atoms with Gasteiger partial charge < -0.3 is 25.4 Å². The molecule has 3 heterocycles. The van der Waals surface area contributed by atoms with Crippen molar-refractivity contribution in [3.63, 3.8) is 0 Å². The third kappa shape index (κ3) is 6.75. The van der Waals surface area contributed by atoms with Crippen molar-refractivity contribution in [2.75, 3.05) is 23.7 Å². The predicted octanol–water partition coefficient (Wildman–Crippen LogP) is 2.57. The number of aliphatic imine (C=N–C) groups is 2. The lowest BCUT2D eigenvalue weighted by Crippen LogP contribution is -2.51. The molecule has 0 unspecified atom stereocenters. The molecular weight excluding hydrogens is 608 g/mol. The van der Waals surface area contributed by atoms with Crippen molar-refractivity contribution in [2.24, 2.45) is 9.98 Å². The van der Waals surface area contributed by atoms with E-state index in [0.29, 0.717) is 22.9 Å². The van der Waals surface area contributed by atoms with Gasteiger partial charge in [0.05, 0.1) is 28.1 Å². The molecule has 198 valence electrons. The van der Waals surface area contributed by atoms with Gasteiger partial charge in [-0.3, -0.25) is 9.59 Å². The number of piperidine rings is 1. The van der Waals surface area contributed by atoms with Crippen molar-refractivity contribution < 1.29 is 23.8 Å². The van der Waals surface area contributed by atoms with Gasteiger partial charge in [0.2, 0.25) is 5.91 Å². The number of aliphatic hydroxyl groups excluding tert-OH is 1. The highest BCUT2D eigenvalue weighted by Crippen LogP contribution is 2.27. The number of benzene rings is 1. The van der Waals surface area contributed by atoms with Crippen molar-refractivity contribution >= 4 is 57.9 Å². The molecule has 1 aromatic heterocycles. The molecule has 0 spiro atoms. The number of carbonyl (C=O) groups is 2. The Bertz CT molecular complexity index is 1350. The highest BCUT2D eigenvalue weighted by atomic mass is 127. The summed E-state index contributed by atoms with van der Waals surface area (Å²) in [6.07, 6.45) is -1.65. The number of hydrogen-bond acceptors (Lipinski definition) is 9. The molecule has 4 rings (SSSR count). The number of nitrogens with one attached hydrogen (secondary N) is 2. The summed E-state index contributed by atoms with van der Waals surface area (Å²) in [5.74, 6) is 0.371. The Morgan fingerprint density at radius 3 is 2.82 bits per heavy atom. The number of amidine groups is 2. The first-order valence-corrected chi connectivity index (χ1v) is 14.0. The van der Waals surface area contributed by atoms with E-state index >= 15 is 0 Å². The first-order chi connectivity index (χ1) is 18.2. The van der Waals surface area contributed by atoms with Crippen LogP contribution in [0.1, 0.15) is 31.4 Å². The van der Waals surface area contributed by atoms with E-state index in [9.17, 15) is 24.3 Å². The van der Waals surface area contributed by atoms with Crippen molar-refractivity contribution in [1.82, 2.24) is 9.88 Å². The van der Waals surface area contributed by atoms with Crippen LogP contribution < -0.4 is 15.4 Å². The fourth-order valence-electron chi connectivity index (χ4n) is 3.80. The SMILES string of the molecule is CC(=O)Nc1ccc(NC2=NC(c3ccc(O[C@H]4CCN(C(=O)[C@H](C)O)C[C@H]4F)c(C#N)c3)=NC=I2)cn1. The fraction of sp³-hybridized carbons (Fsp3) is 0.320. The summed E-state index contributed by atoms with van der Waals surface area (Å²) < 4.78 is 23.1. The number of carbonyl (C=O) groups excluding carboxylic acids is 2. The Kier molecular flexibility index (Phi) is 8.74. The molecular formula is C25H25FIN7O4. The minimum atomic E-state index is -1.46. The number of aromatic nitrogens is 1. The van der Waals surface area contributed by atoms with Gasteiger partial charge in [-0.25, -0.2) is 19.4 Å². The monoisotopic (exact) mass is 633 g/mol. The number of amides is 2. The topological polar surface area (TPSA) is 152 Å². The van der Waals surface area contributed by atoms with Crippen molar-refractivity contribution in [3.8, 4) is 11.8 Å². The van der Waals surface area contributed by atoms with E-state index in [1.54, 1.807) is 40.7 Å². The third-order valence-corrected chi connectivity index (χ3v) is 7.29. The van der Waals surface area contributed by atoms with E-state index in [0.717, 1.165) is 3.84 Å². The summed E-state index contributed by atoms with van der Waals surface area (Å²) in [7, 11) is 0. The van der Waals surface area contributed by atoms with Crippen molar-refractivity contribution in [3.05, 3.63) is 47.7 Å². The summed E-state index contributed by atoms with van der Waals surface area (Å²) in [5.41, 5.74) is 1.51. The maximum atomic E-state index is 14.8. The van der Waals surface area contributed by atoms with Gasteiger partial charge in [-0.1, -0.05) is 0 Å². The van der Waals surface area contributed by atoms with Crippen molar-refractivity contribution in [1.29, 1.82) is 5.26 Å². The second kappa shape index (κ2) is 12.2. The normalized spacial score (nSPS) is 19.7. The Labute approximate surface area is 228 Å². The first kappa shape index (κ1) is 27.3. The quantitative estimate of drug-likeness (QED) is 0.327. The van der Waals surface area contributed by atoms with Gasteiger partial charge >= 0.3 is 0 Å². The van der Waals surface area contributed by atoms with E-state index in [1.807, 2.05) is 0 Å². The number of alkyl halides is 1. The van der Waals surface area contributed by atoms with E-state index in [1.165, 1.54) is 18.7 Å². The first-order valence-electron chi connectivity index (χ1n) is 11.7. The van der Waals surface area contributed by atoms with Gasteiger partial charge in [-0.15, -0.1) is 0 Å². The van der Waals surface area contributed by atoms with Crippen LogP contribution in [0.2, 0.25) is 0 Å². The zero-order valence-electron chi connectivity index (χ0n) is 20.6. The molecule has 1 fully saturated rings. The third-order valence-electron chi connectivity index (χ3n) is 5.63. The summed E-state index contributed by atoms with van der Waals surface area (Å²) in [6.45, 7) is 2.83. The summed E-state index contributed by atoms with van der Waals surface area (Å²) in [5, 5.41) is 25.0. The van der Waals surface area contributed by atoms with Crippen molar-refractivity contribution in [2.45, 2.75) is 38.6 Å². The van der Waals surface area contributed by atoms with E-state index < -0.39 is 45.0 Å². The lowest BCUT2D eigenvalue weighted by Gasteiger charge is -2.35. The number of likely N-dealkylation sites (tertiary alicyclic amines) is 1. The molecule has 3 atom stereocenters. The van der Waals surface area contributed by atoms with Gasteiger partial charge in [0.25, 0.3) is 5.91 Å². The molecule has 38 heavy (non-hydrogen) atoms. The van der Waals surface area contributed by atoms with Crippen LogP contribution in [0.5, 0.6) is 5.75 Å². The van der Waals surface area contributed by atoms with Crippen LogP contribution in [-0.4, -0.2) is 72.1 Å². The number of ether oxygens (including phenoxy) is 1. The van der Waals surface area contributed by atoms with Crippen LogP contribution >= 0.6 is 20.7 Å². The fourth-order valence-corrected chi connectivity index (χ4v) is 5.30. The van der Waals surface area contributed by atoms with Gasteiger partial charge in [-0.2, -0.15) is 5.26 Å². The number of anilines is 2. The average Bonchev–Trinajstić information content (AvgIpc) is 2.90. The molecule has 0 bridgehead atoms. The number of hydrogen-bond donors (Lipinski definition) is 3. The molecule has 2 aliphatic rings. The predicted molar refractivity (Wildman–Crippen MR) is 150 cm³/mol. The molecule has 3 N–H and O–H groups in total. The molecule has 2 amide bonds. The summed E-state index contributed by atoms with van der Waals surface area (Å²) in [6, 6.07) is 10.4. The van der Waals surface area contributed by atoms with Crippen LogP contribution in [0.4, 0.5) is 15.9 Å². The minimum Gasteiger partial charge on any atom is -0.486 e. The summed E-state index contributed by atoms with van der Waals surface area (Å²) >= 11 is -0.613. The maximum Gasteiger partial charge on any atom is 0.251 e. The largest absolute Gasteiger partial charge is 0.486 e. The number of nitriles is 1. The highest BCUT2D eigenvalue weighted by Gasteiger charge is 2.34. The Morgan fingerprint density at radius 1 is 1.34 bits per heavy atom. The van der Waals surface area contributed by atoms with Crippen LogP contribution in [0.25, 0.3) is 0 Å². The number of pyridine rings is 1. The molecule has 1 saturated heterocycles. The molecule has 13 heteroatoms. The van der Waals surface area contributed by atoms with E-state index in [4.69, 9.17) is 4.74 Å². The molecule has 0 aliphatic carbocycles. The van der Waals surface area contributed by atoms with E-state index in [-0.39, 0.29) is 36.7 Å². The number of rotatable bonds is 6. The van der Waals surface area contributed by atoms with Gasteiger partial charge in [0.15, 0.2) is 15.8 Å². The van der Waals surface area contributed by atoms with Gasteiger partial charge in [0.1, 0.15) is 29.8 Å². The molecule has 1 aromatic carbocycles. The van der Waals surface area contributed by atoms with Crippen LogP contribution in [-0.2, 0) is 9.59 Å². The lowest BCUT2D eigenvalue weighted by atomic mass is 10.0. The molecule has 0 radical (unpaired) electrons. The molecule has 2 aliphatic heterocycles. The van der Waals surface area contributed by atoms with Crippen LogP contribution in [0.3, 0.4) is 0 Å².